The largest absolute Gasteiger partial charge is 0.352 e. The number of benzene rings is 2. The second kappa shape index (κ2) is 9.56. The molecule has 2 aromatic carbocycles. The fourth-order valence-corrected chi connectivity index (χ4v) is 5.85. The number of nitrogens with one attached hydrogen (secondary N) is 1. The Labute approximate surface area is 219 Å². The highest BCUT2D eigenvalue weighted by Gasteiger charge is 2.40. The summed E-state index contributed by atoms with van der Waals surface area (Å²) < 4.78 is 16.0. The molecule has 3 aromatic rings. The summed E-state index contributed by atoms with van der Waals surface area (Å²) in [6.45, 7) is 6.03. The number of carbonyl (C=O) groups excluding carboxylic acids is 2. The summed E-state index contributed by atoms with van der Waals surface area (Å²) >= 11 is 8.03. The summed E-state index contributed by atoms with van der Waals surface area (Å²) in [5, 5.41) is 8.09. The van der Waals surface area contributed by atoms with Gasteiger partial charge in [0.15, 0.2) is 0 Å². The third-order valence-electron chi connectivity index (χ3n) is 6.28. The molecule has 1 aliphatic heterocycles. The Kier molecular flexibility index (Phi) is 6.59. The van der Waals surface area contributed by atoms with Gasteiger partial charge in [0, 0.05) is 17.0 Å². The normalized spacial score (nSPS) is 18.1. The molecule has 0 bridgehead atoms. The predicted octanol–water partition coefficient (Wildman–Crippen LogP) is 5.41. The van der Waals surface area contributed by atoms with E-state index in [1.807, 2.05) is 24.3 Å². The molecule has 1 N–H and O–H groups in total. The Hall–Kier alpha value is -2.84. The van der Waals surface area contributed by atoms with E-state index in [1.165, 1.54) is 28.8 Å². The van der Waals surface area contributed by atoms with E-state index in [-0.39, 0.29) is 41.2 Å². The molecular formula is C27H28ClFN4O2S. The van der Waals surface area contributed by atoms with Gasteiger partial charge >= 0.3 is 0 Å². The van der Waals surface area contributed by atoms with E-state index >= 15 is 0 Å². The van der Waals surface area contributed by atoms with E-state index in [1.54, 1.807) is 16.8 Å². The molecule has 2 amide bonds. The van der Waals surface area contributed by atoms with Crippen molar-refractivity contribution in [2.24, 2.45) is 0 Å². The van der Waals surface area contributed by atoms with Gasteiger partial charge in [-0.2, -0.15) is 5.10 Å². The Morgan fingerprint density at radius 2 is 1.94 bits per heavy atom. The minimum Gasteiger partial charge on any atom is -0.352 e. The first-order valence-corrected chi connectivity index (χ1v) is 13.4. The van der Waals surface area contributed by atoms with Crippen LogP contribution in [0.1, 0.15) is 55.7 Å². The van der Waals surface area contributed by atoms with Crippen LogP contribution in [0, 0.1) is 5.82 Å². The van der Waals surface area contributed by atoms with Gasteiger partial charge in [-0.3, -0.25) is 14.5 Å². The molecule has 0 spiro atoms. The standard InChI is InChI=1S/C27H28ClFN4O2S/c1-27(2,3)25-23-24(16-7-6-8-17(29)13-16)36-15-22(35)32(14-21(34)30-18-11-12-18)26(23)33(31-25)20-10-5-4-9-19(20)28/h4-10,13,18,24H,11-12,14-15H2,1-3H3,(H,30,34)/t24-/m1/s1. The van der Waals surface area contributed by atoms with Crippen molar-refractivity contribution in [3.05, 3.63) is 76.2 Å². The minimum absolute atomic E-state index is 0.126. The van der Waals surface area contributed by atoms with Crippen molar-refractivity contribution in [1.29, 1.82) is 0 Å². The summed E-state index contributed by atoms with van der Waals surface area (Å²) in [4.78, 5) is 28.0. The first kappa shape index (κ1) is 24.8. The number of anilines is 1. The smallest absolute Gasteiger partial charge is 0.240 e. The molecule has 1 aliphatic carbocycles. The molecule has 36 heavy (non-hydrogen) atoms. The molecule has 2 aliphatic rings. The number of halogens is 2. The zero-order chi connectivity index (χ0) is 25.6. The number of para-hydroxylation sites is 1. The summed E-state index contributed by atoms with van der Waals surface area (Å²) in [6.07, 6.45) is 1.91. The molecule has 6 nitrogen and oxygen atoms in total. The van der Waals surface area contributed by atoms with Gasteiger partial charge in [0.25, 0.3) is 0 Å². The third kappa shape index (κ3) is 4.89. The van der Waals surface area contributed by atoms with Crippen LogP contribution in [0.25, 0.3) is 5.69 Å². The van der Waals surface area contributed by atoms with Gasteiger partial charge in [-0.25, -0.2) is 9.07 Å². The Bertz CT molecular complexity index is 1330. The maximum atomic E-state index is 14.3. The van der Waals surface area contributed by atoms with Gasteiger partial charge in [-0.15, -0.1) is 11.8 Å². The molecule has 1 aromatic heterocycles. The number of hydrogen-bond acceptors (Lipinski definition) is 4. The minimum atomic E-state index is -0.405. The van der Waals surface area contributed by atoms with Crippen LogP contribution in [0.3, 0.4) is 0 Å². The molecule has 2 heterocycles. The second-order valence-corrected chi connectivity index (χ2v) is 11.8. The van der Waals surface area contributed by atoms with Gasteiger partial charge in [-0.1, -0.05) is 56.6 Å². The molecule has 0 saturated heterocycles. The molecular weight excluding hydrogens is 499 g/mol. The molecule has 9 heteroatoms. The van der Waals surface area contributed by atoms with Gasteiger partial charge in [0.05, 0.1) is 27.4 Å². The topological polar surface area (TPSA) is 67.2 Å². The summed E-state index contributed by atoms with van der Waals surface area (Å²) in [7, 11) is 0. The number of nitrogens with zero attached hydrogens (tertiary/aromatic N) is 3. The highest BCUT2D eigenvalue weighted by atomic mass is 35.5. The molecule has 188 valence electrons. The monoisotopic (exact) mass is 526 g/mol. The van der Waals surface area contributed by atoms with E-state index in [0.29, 0.717) is 16.5 Å². The van der Waals surface area contributed by atoms with Crippen molar-refractivity contribution in [1.82, 2.24) is 15.1 Å². The molecule has 0 radical (unpaired) electrons. The Morgan fingerprint density at radius 1 is 1.19 bits per heavy atom. The maximum Gasteiger partial charge on any atom is 0.240 e. The number of thioether (sulfide) groups is 1. The van der Waals surface area contributed by atoms with E-state index < -0.39 is 5.41 Å². The fourth-order valence-electron chi connectivity index (χ4n) is 4.44. The van der Waals surface area contributed by atoms with Gasteiger partial charge in [-0.05, 0) is 42.7 Å². The number of carbonyl (C=O) groups is 2. The fraction of sp³-hybridized carbons (Fsp3) is 0.370. The third-order valence-corrected chi connectivity index (χ3v) is 7.85. The Balaban J connectivity index is 1.76. The zero-order valence-corrected chi connectivity index (χ0v) is 22.0. The first-order valence-electron chi connectivity index (χ1n) is 12.0. The van der Waals surface area contributed by atoms with Crippen LogP contribution in [0.2, 0.25) is 5.02 Å². The number of hydrogen-bond donors (Lipinski definition) is 1. The predicted molar refractivity (Wildman–Crippen MR) is 141 cm³/mol. The highest BCUT2D eigenvalue weighted by molar-refractivity contribution is 8.00. The van der Waals surface area contributed by atoms with Crippen molar-refractivity contribution in [2.45, 2.75) is 50.3 Å². The van der Waals surface area contributed by atoms with Crippen molar-refractivity contribution in [2.75, 3.05) is 17.2 Å². The van der Waals surface area contributed by atoms with Crippen LogP contribution >= 0.6 is 23.4 Å². The van der Waals surface area contributed by atoms with Crippen LogP contribution < -0.4 is 10.2 Å². The Morgan fingerprint density at radius 3 is 2.61 bits per heavy atom. The molecule has 1 atom stereocenters. The molecule has 0 unspecified atom stereocenters. The van der Waals surface area contributed by atoms with Crippen LogP contribution in [0.5, 0.6) is 0 Å². The van der Waals surface area contributed by atoms with Crippen LogP contribution in [-0.2, 0) is 15.0 Å². The zero-order valence-electron chi connectivity index (χ0n) is 20.4. The number of fused-ring (bicyclic) bond motifs is 1. The number of rotatable bonds is 5. The number of amides is 2. The van der Waals surface area contributed by atoms with Gasteiger partial charge < -0.3 is 5.32 Å². The quantitative estimate of drug-likeness (QED) is 0.482. The van der Waals surface area contributed by atoms with Crippen LogP contribution in [-0.4, -0.2) is 39.9 Å². The van der Waals surface area contributed by atoms with Gasteiger partial charge in [0.2, 0.25) is 11.8 Å². The average Bonchev–Trinajstić information content (AvgIpc) is 3.56. The average molecular weight is 527 g/mol. The van der Waals surface area contributed by atoms with E-state index in [2.05, 4.69) is 26.1 Å². The van der Waals surface area contributed by atoms with Crippen LogP contribution in [0.15, 0.2) is 48.5 Å². The maximum absolute atomic E-state index is 14.3. The number of aromatic nitrogens is 2. The molecule has 1 fully saturated rings. The van der Waals surface area contributed by atoms with Crippen LogP contribution in [0.4, 0.5) is 10.2 Å². The first-order chi connectivity index (χ1) is 17.1. The SMILES string of the molecule is CC(C)(C)c1nn(-c2ccccc2Cl)c2c1[C@@H](c1cccc(F)c1)SCC(=O)N2CC(=O)NC1CC1. The highest BCUT2D eigenvalue weighted by Crippen LogP contribution is 2.48. The lowest BCUT2D eigenvalue weighted by atomic mass is 9.87. The van der Waals surface area contributed by atoms with Crippen molar-refractivity contribution < 1.29 is 14.0 Å². The van der Waals surface area contributed by atoms with Crippen molar-refractivity contribution in [3.63, 3.8) is 0 Å². The van der Waals surface area contributed by atoms with Crippen molar-refractivity contribution >= 4 is 41.0 Å². The summed E-state index contributed by atoms with van der Waals surface area (Å²) in [6, 6.07) is 13.9. The van der Waals surface area contributed by atoms with E-state index in [9.17, 15) is 14.0 Å². The van der Waals surface area contributed by atoms with E-state index in [0.717, 1.165) is 29.7 Å². The lowest BCUT2D eigenvalue weighted by Gasteiger charge is -2.24. The molecule has 5 rings (SSSR count). The van der Waals surface area contributed by atoms with E-state index in [4.69, 9.17) is 16.7 Å². The van der Waals surface area contributed by atoms with Crippen molar-refractivity contribution in [3.8, 4) is 5.69 Å². The summed E-state index contributed by atoms with van der Waals surface area (Å²) in [5.74, 6) is -0.126. The summed E-state index contributed by atoms with van der Waals surface area (Å²) in [5.41, 5.74) is 2.50. The lowest BCUT2D eigenvalue weighted by Crippen LogP contribution is -2.43. The van der Waals surface area contributed by atoms with Gasteiger partial charge in [0.1, 0.15) is 18.2 Å². The second-order valence-electron chi connectivity index (χ2n) is 10.3. The lowest BCUT2D eigenvalue weighted by molar-refractivity contribution is -0.123. The molecule has 1 saturated carbocycles.